The molecule has 2 aliphatic rings. The number of nitrogens with one attached hydrogen (secondary N) is 2. The second-order valence-corrected chi connectivity index (χ2v) is 9.29. The fourth-order valence-corrected chi connectivity index (χ4v) is 4.08. The summed E-state index contributed by atoms with van der Waals surface area (Å²) in [6.07, 6.45) is 6.69. The zero-order chi connectivity index (χ0) is 21.2. The van der Waals surface area contributed by atoms with Crippen LogP contribution in [-0.2, 0) is 9.53 Å². The molecular formula is C22H41N3O4. The molecule has 1 saturated carbocycles. The van der Waals surface area contributed by atoms with Gasteiger partial charge in [-0.15, -0.1) is 0 Å². The quantitative estimate of drug-likeness (QED) is 0.542. The zero-order valence-electron chi connectivity index (χ0n) is 18.5. The first-order chi connectivity index (χ1) is 13.9. The first-order valence-corrected chi connectivity index (χ1v) is 11.5. The van der Waals surface area contributed by atoms with Gasteiger partial charge in [0.1, 0.15) is 6.10 Å². The molecule has 2 unspecified atom stereocenters. The van der Waals surface area contributed by atoms with Crippen LogP contribution < -0.4 is 10.6 Å². The third kappa shape index (κ3) is 8.51. The molecule has 0 aromatic carbocycles. The summed E-state index contributed by atoms with van der Waals surface area (Å²) in [5.41, 5.74) is 0. The third-order valence-electron chi connectivity index (χ3n) is 6.17. The monoisotopic (exact) mass is 411 g/mol. The minimum Gasteiger partial charge on any atom is -0.449 e. The Hall–Kier alpha value is -1.34. The number of amides is 2. The Balaban J connectivity index is 1.61. The van der Waals surface area contributed by atoms with Crippen LogP contribution in [0.1, 0.15) is 65.7 Å². The highest BCUT2D eigenvalue weighted by Gasteiger charge is 2.27. The van der Waals surface area contributed by atoms with Gasteiger partial charge in [-0.25, -0.2) is 4.79 Å². The van der Waals surface area contributed by atoms with Crippen molar-refractivity contribution in [2.24, 2.45) is 17.8 Å². The maximum absolute atomic E-state index is 12.2. The Morgan fingerprint density at radius 1 is 1.00 bits per heavy atom. The molecule has 1 saturated heterocycles. The summed E-state index contributed by atoms with van der Waals surface area (Å²) in [4.78, 5) is 26.0. The fourth-order valence-electron chi connectivity index (χ4n) is 4.08. The van der Waals surface area contributed by atoms with Crippen molar-refractivity contribution < 1.29 is 19.4 Å². The average molecular weight is 412 g/mol. The van der Waals surface area contributed by atoms with Crippen molar-refractivity contribution in [3.63, 3.8) is 0 Å². The fraction of sp³-hybridized carbons (Fsp3) is 0.909. The molecule has 0 spiro atoms. The van der Waals surface area contributed by atoms with Gasteiger partial charge in [-0.05, 0) is 56.9 Å². The first-order valence-electron chi connectivity index (χ1n) is 11.5. The molecule has 7 heteroatoms. The molecule has 1 heterocycles. The van der Waals surface area contributed by atoms with Crippen LogP contribution in [0, 0.1) is 17.8 Å². The van der Waals surface area contributed by atoms with Crippen molar-refractivity contribution in [1.29, 1.82) is 0 Å². The van der Waals surface area contributed by atoms with Crippen LogP contribution >= 0.6 is 0 Å². The minimum atomic E-state index is -1.04. The number of aliphatic hydroxyl groups is 1. The van der Waals surface area contributed by atoms with E-state index in [4.69, 9.17) is 4.74 Å². The van der Waals surface area contributed by atoms with Crippen LogP contribution in [0.3, 0.4) is 0 Å². The van der Waals surface area contributed by atoms with Gasteiger partial charge in [-0.1, -0.05) is 33.1 Å². The molecule has 1 aliphatic heterocycles. The van der Waals surface area contributed by atoms with Crippen LogP contribution in [0.25, 0.3) is 0 Å². The molecule has 1 aliphatic carbocycles. The Bertz CT molecular complexity index is 500. The summed E-state index contributed by atoms with van der Waals surface area (Å²) < 4.78 is 5.29. The summed E-state index contributed by atoms with van der Waals surface area (Å²) in [7, 11) is 0. The van der Waals surface area contributed by atoms with Crippen LogP contribution in [-0.4, -0.2) is 66.9 Å². The van der Waals surface area contributed by atoms with E-state index in [9.17, 15) is 14.7 Å². The van der Waals surface area contributed by atoms with E-state index in [2.05, 4.69) is 10.6 Å². The van der Waals surface area contributed by atoms with Gasteiger partial charge in [-0.3, -0.25) is 4.79 Å². The molecule has 0 aromatic heterocycles. The number of rotatable bonds is 9. The van der Waals surface area contributed by atoms with Crippen LogP contribution in [0.2, 0.25) is 0 Å². The number of carbonyl (C=O) groups excluding carboxylic acids is 2. The van der Waals surface area contributed by atoms with Gasteiger partial charge in [0.05, 0.1) is 6.61 Å². The molecule has 7 nitrogen and oxygen atoms in total. The van der Waals surface area contributed by atoms with Crippen molar-refractivity contribution in [1.82, 2.24) is 15.5 Å². The lowest BCUT2D eigenvalue weighted by molar-refractivity contribution is -0.130. The normalized spacial score (nSPS) is 21.1. The van der Waals surface area contributed by atoms with Crippen LogP contribution in [0.5, 0.6) is 0 Å². The highest BCUT2D eigenvalue weighted by atomic mass is 16.6. The highest BCUT2D eigenvalue weighted by molar-refractivity contribution is 5.81. The van der Waals surface area contributed by atoms with Crippen molar-refractivity contribution in [2.75, 3.05) is 32.8 Å². The molecule has 3 N–H and O–H groups in total. The first kappa shape index (κ1) is 23.9. The van der Waals surface area contributed by atoms with Crippen molar-refractivity contribution in [2.45, 2.75) is 77.9 Å². The third-order valence-corrected chi connectivity index (χ3v) is 6.17. The van der Waals surface area contributed by atoms with Gasteiger partial charge < -0.3 is 25.4 Å². The molecule has 29 heavy (non-hydrogen) atoms. The number of hydrogen-bond acceptors (Lipinski definition) is 5. The van der Waals surface area contributed by atoms with Crippen molar-refractivity contribution >= 4 is 12.0 Å². The number of aliphatic hydroxyl groups excluding tert-OH is 1. The Morgan fingerprint density at radius 2 is 1.62 bits per heavy atom. The van der Waals surface area contributed by atoms with Gasteiger partial charge in [0.25, 0.3) is 0 Å². The molecule has 0 radical (unpaired) electrons. The van der Waals surface area contributed by atoms with E-state index in [0.29, 0.717) is 44.0 Å². The van der Waals surface area contributed by atoms with E-state index < -0.39 is 6.10 Å². The van der Waals surface area contributed by atoms with Crippen LogP contribution in [0.15, 0.2) is 0 Å². The lowest BCUT2D eigenvalue weighted by Gasteiger charge is -2.32. The molecular weight excluding hydrogens is 370 g/mol. The zero-order valence-corrected chi connectivity index (χ0v) is 18.5. The molecule has 2 rings (SSSR count). The van der Waals surface area contributed by atoms with E-state index in [0.717, 1.165) is 19.4 Å². The highest BCUT2D eigenvalue weighted by Crippen LogP contribution is 2.22. The molecule has 2 amide bonds. The lowest BCUT2D eigenvalue weighted by Crippen LogP contribution is -2.50. The predicted molar refractivity (Wildman–Crippen MR) is 114 cm³/mol. The largest absolute Gasteiger partial charge is 0.449 e. The number of hydrogen-bond donors (Lipinski definition) is 3. The van der Waals surface area contributed by atoms with E-state index in [1.165, 1.54) is 32.1 Å². The van der Waals surface area contributed by atoms with E-state index in [1.807, 2.05) is 20.8 Å². The van der Waals surface area contributed by atoms with Gasteiger partial charge in [0.15, 0.2) is 0 Å². The Kier molecular flexibility index (Phi) is 10.2. The molecule has 2 atom stereocenters. The van der Waals surface area contributed by atoms with Gasteiger partial charge in [-0.2, -0.15) is 0 Å². The molecule has 0 aromatic rings. The van der Waals surface area contributed by atoms with Gasteiger partial charge in [0, 0.05) is 25.7 Å². The summed E-state index contributed by atoms with van der Waals surface area (Å²) in [5, 5.41) is 16.6. The van der Waals surface area contributed by atoms with Gasteiger partial charge >= 0.3 is 6.09 Å². The van der Waals surface area contributed by atoms with Gasteiger partial charge in [0.2, 0.25) is 5.91 Å². The maximum atomic E-state index is 12.2. The average Bonchev–Trinajstić information content (AvgIpc) is 2.74. The molecule has 168 valence electrons. The number of nitrogens with zero attached hydrogens (tertiary/aromatic N) is 1. The SMILES string of the molecule is CC(C)COC(=O)N1CCC(CNC(C)C(O)C(=O)NCC2CCCCC2)CC1. The number of piperidine rings is 1. The summed E-state index contributed by atoms with van der Waals surface area (Å²) in [6, 6.07) is -0.296. The van der Waals surface area contributed by atoms with Crippen molar-refractivity contribution in [3.8, 4) is 0 Å². The topological polar surface area (TPSA) is 90.9 Å². The lowest BCUT2D eigenvalue weighted by atomic mass is 9.89. The summed E-state index contributed by atoms with van der Waals surface area (Å²) in [5.74, 6) is 1.05. The van der Waals surface area contributed by atoms with E-state index in [1.54, 1.807) is 4.90 Å². The second-order valence-electron chi connectivity index (χ2n) is 9.29. The number of carbonyl (C=O) groups is 2. The van der Waals surface area contributed by atoms with E-state index >= 15 is 0 Å². The number of likely N-dealkylation sites (tertiary alicyclic amines) is 1. The maximum Gasteiger partial charge on any atom is 0.409 e. The molecule has 0 bridgehead atoms. The second kappa shape index (κ2) is 12.4. The van der Waals surface area contributed by atoms with E-state index in [-0.39, 0.29) is 18.0 Å². The van der Waals surface area contributed by atoms with Crippen LogP contribution in [0.4, 0.5) is 4.79 Å². The minimum absolute atomic E-state index is 0.219. The Morgan fingerprint density at radius 3 is 2.24 bits per heavy atom. The Labute approximate surface area is 175 Å². The predicted octanol–water partition coefficient (Wildman–Crippen LogP) is 2.53. The van der Waals surface area contributed by atoms with Crippen molar-refractivity contribution in [3.05, 3.63) is 0 Å². The standard InChI is InChI=1S/C22H41N3O4/c1-16(2)15-29-22(28)25-11-9-19(10-12-25)13-23-17(3)20(26)21(27)24-14-18-7-5-4-6-8-18/h16-20,23,26H,4-15H2,1-3H3,(H,24,27). The summed E-state index contributed by atoms with van der Waals surface area (Å²) in [6.45, 7) is 9.16. The summed E-state index contributed by atoms with van der Waals surface area (Å²) >= 11 is 0. The molecule has 2 fully saturated rings. The number of ether oxygens (including phenoxy) is 1. The smallest absolute Gasteiger partial charge is 0.409 e.